The molecule has 1 fully saturated rings. The molecule has 1 aromatic carbocycles. The van der Waals surface area contributed by atoms with Gasteiger partial charge in [0.05, 0.1) is 30.7 Å². The molecule has 6 nitrogen and oxygen atoms in total. The molecule has 2 aromatic rings. The van der Waals surface area contributed by atoms with E-state index in [0.29, 0.717) is 38.3 Å². The summed E-state index contributed by atoms with van der Waals surface area (Å²) in [6.07, 6.45) is -0.302. The van der Waals surface area contributed by atoms with E-state index in [1.165, 1.54) is 0 Å². The van der Waals surface area contributed by atoms with Gasteiger partial charge in [0.2, 0.25) is 5.88 Å². The van der Waals surface area contributed by atoms with E-state index in [1.807, 2.05) is 16.8 Å². The highest BCUT2D eigenvalue weighted by molar-refractivity contribution is 6.76. The molecule has 7 heteroatoms. The van der Waals surface area contributed by atoms with Crippen molar-refractivity contribution in [2.75, 3.05) is 26.4 Å². The number of hydrogen-bond donors (Lipinski definition) is 0. The molecule has 1 aromatic heterocycles. The molecular formula is C20H32N2O4Si. The van der Waals surface area contributed by atoms with Crippen LogP contribution in [0, 0.1) is 5.92 Å². The number of fused-ring (bicyclic) bond motifs is 1. The Morgan fingerprint density at radius 2 is 1.96 bits per heavy atom. The molecule has 2 heterocycles. The standard InChI is InChI=1S/C20H32N2O4Si/c1-15(2)13-26-19-17-12-16(20-24-8-9-25-20)6-7-18(17)22(21-19)14-23-10-11-27(3,4)5/h6-7,12,15,20H,8-11,13-14H2,1-5H3. The Morgan fingerprint density at radius 3 is 2.63 bits per heavy atom. The maximum Gasteiger partial charge on any atom is 0.240 e. The summed E-state index contributed by atoms with van der Waals surface area (Å²) in [6.45, 7) is 14.4. The van der Waals surface area contributed by atoms with Gasteiger partial charge in [-0.15, -0.1) is 5.10 Å². The van der Waals surface area contributed by atoms with E-state index in [1.54, 1.807) is 0 Å². The molecule has 0 N–H and O–H groups in total. The number of nitrogens with zero attached hydrogens (tertiary/aromatic N) is 2. The van der Waals surface area contributed by atoms with E-state index in [2.05, 4.69) is 44.7 Å². The first-order valence-corrected chi connectivity index (χ1v) is 13.5. The summed E-state index contributed by atoms with van der Waals surface area (Å²) >= 11 is 0. The van der Waals surface area contributed by atoms with Crippen LogP contribution in [0.3, 0.4) is 0 Å². The van der Waals surface area contributed by atoms with Crippen molar-refractivity contribution >= 4 is 19.0 Å². The molecule has 1 aliphatic rings. The maximum absolute atomic E-state index is 5.98. The molecule has 0 atom stereocenters. The van der Waals surface area contributed by atoms with Gasteiger partial charge in [-0.2, -0.15) is 0 Å². The smallest absolute Gasteiger partial charge is 0.240 e. The summed E-state index contributed by atoms with van der Waals surface area (Å²) in [4.78, 5) is 0. The Bertz CT molecular complexity index is 748. The molecule has 1 saturated heterocycles. The Labute approximate surface area is 162 Å². The molecule has 3 rings (SSSR count). The van der Waals surface area contributed by atoms with Crippen molar-refractivity contribution in [1.82, 2.24) is 9.78 Å². The van der Waals surface area contributed by atoms with Crippen molar-refractivity contribution in [2.45, 2.75) is 52.6 Å². The second-order valence-corrected chi connectivity index (χ2v) is 14.3. The zero-order valence-electron chi connectivity index (χ0n) is 17.2. The van der Waals surface area contributed by atoms with Crippen LogP contribution < -0.4 is 4.74 Å². The van der Waals surface area contributed by atoms with E-state index in [4.69, 9.17) is 18.9 Å². The first kappa shape index (κ1) is 20.3. The minimum Gasteiger partial charge on any atom is -0.476 e. The van der Waals surface area contributed by atoms with E-state index in [9.17, 15) is 0 Å². The van der Waals surface area contributed by atoms with Gasteiger partial charge in [-0.05, 0) is 24.1 Å². The number of benzene rings is 1. The van der Waals surface area contributed by atoms with E-state index in [0.717, 1.165) is 29.1 Å². The third-order valence-corrected chi connectivity index (χ3v) is 6.10. The number of ether oxygens (including phenoxy) is 4. The van der Waals surface area contributed by atoms with Crippen molar-refractivity contribution in [1.29, 1.82) is 0 Å². The summed E-state index contributed by atoms with van der Waals surface area (Å²) in [5.41, 5.74) is 2.00. The zero-order chi connectivity index (χ0) is 19.4. The molecule has 1 aliphatic heterocycles. The second-order valence-electron chi connectivity index (χ2n) is 8.71. The van der Waals surface area contributed by atoms with Crippen LogP contribution in [0.1, 0.15) is 25.7 Å². The van der Waals surface area contributed by atoms with E-state index < -0.39 is 8.07 Å². The quantitative estimate of drug-likeness (QED) is 0.467. The van der Waals surface area contributed by atoms with Gasteiger partial charge in [0, 0.05) is 20.2 Å². The minimum absolute atomic E-state index is 0.302. The topological polar surface area (TPSA) is 54.7 Å². The van der Waals surface area contributed by atoms with Gasteiger partial charge in [-0.25, -0.2) is 4.68 Å². The average molecular weight is 393 g/mol. The molecule has 0 bridgehead atoms. The van der Waals surface area contributed by atoms with Crippen LogP contribution in [0.4, 0.5) is 0 Å². The second kappa shape index (κ2) is 8.73. The number of rotatable bonds is 9. The van der Waals surface area contributed by atoms with Gasteiger partial charge in [-0.3, -0.25) is 0 Å². The summed E-state index contributed by atoms with van der Waals surface area (Å²) < 4.78 is 25.0. The van der Waals surface area contributed by atoms with Crippen LogP contribution in [-0.2, 0) is 20.9 Å². The molecule has 27 heavy (non-hydrogen) atoms. The van der Waals surface area contributed by atoms with Crippen LogP contribution in [0.15, 0.2) is 18.2 Å². The van der Waals surface area contributed by atoms with E-state index >= 15 is 0 Å². The van der Waals surface area contributed by atoms with Crippen molar-refractivity contribution in [3.05, 3.63) is 23.8 Å². The van der Waals surface area contributed by atoms with Gasteiger partial charge in [0.15, 0.2) is 6.29 Å². The van der Waals surface area contributed by atoms with Crippen molar-refractivity contribution in [2.24, 2.45) is 5.92 Å². The lowest BCUT2D eigenvalue weighted by Crippen LogP contribution is -2.22. The lowest BCUT2D eigenvalue weighted by Gasteiger charge is -2.15. The highest BCUT2D eigenvalue weighted by Crippen LogP contribution is 2.31. The number of hydrogen-bond acceptors (Lipinski definition) is 5. The molecule has 0 saturated carbocycles. The van der Waals surface area contributed by atoms with Gasteiger partial charge < -0.3 is 18.9 Å². The highest BCUT2D eigenvalue weighted by Gasteiger charge is 2.21. The Hall–Kier alpha value is -1.41. The predicted molar refractivity (Wildman–Crippen MR) is 109 cm³/mol. The summed E-state index contributed by atoms with van der Waals surface area (Å²) in [5.74, 6) is 1.08. The highest BCUT2D eigenvalue weighted by atomic mass is 28.3. The maximum atomic E-state index is 5.98. The molecular weight excluding hydrogens is 360 g/mol. The summed E-state index contributed by atoms with van der Waals surface area (Å²) in [6, 6.07) is 7.29. The van der Waals surface area contributed by atoms with Crippen molar-refractivity contribution in [3.63, 3.8) is 0 Å². The van der Waals surface area contributed by atoms with Crippen LogP contribution in [0.25, 0.3) is 10.9 Å². The fraction of sp³-hybridized carbons (Fsp3) is 0.650. The minimum atomic E-state index is -1.10. The normalized spacial score (nSPS) is 15.9. The van der Waals surface area contributed by atoms with E-state index in [-0.39, 0.29) is 6.29 Å². The molecule has 0 unspecified atom stereocenters. The van der Waals surface area contributed by atoms with Crippen LogP contribution in [-0.4, -0.2) is 44.3 Å². The largest absolute Gasteiger partial charge is 0.476 e. The lowest BCUT2D eigenvalue weighted by atomic mass is 10.1. The third kappa shape index (κ3) is 5.54. The van der Waals surface area contributed by atoms with Gasteiger partial charge in [0.1, 0.15) is 6.73 Å². The third-order valence-electron chi connectivity index (χ3n) is 4.40. The summed E-state index contributed by atoms with van der Waals surface area (Å²) in [5, 5.41) is 5.64. The van der Waals surface area contributed by atoms with Crippen molar-refractivity contribution in [3.8, 4) is 5.88 Å². The molecule has 0 radical (unpaired) electrons. The van der Waals surface area contributed by atoms with Crippen LogP contribution in [0.2, 0.25) is 25.7 Å². The van der Waals surface area contributed by atoms with Crippen LogP contribution in [0.5, 0.6) is 5.88 Å². The average Bonchev–Trinajstić information content (AvgIpc) is 3.24. The fourth-order valence-corrected chi connectivity index (χ4v) is 3.60. The molecule has 150 valence electrons. The molecule has 0 spiro atoms. The first-order chi connectivity index (χ1) is 12.8. The number of aromatic nitrogens is 2. The van der Waals surface area contributed by atoms with Crippen LogP contribution >= 0.6 is 0 Å². The van der Waals surface area contributed by atoms with Gasteiger partial charge in [0.25, 0.3) is 0 Å². The first-order valence-electron chi connectivity index (χ1n) is 9.78. The zero-order valence-corrected chi connectivity index (χ0v) is 18.2. The summed E-state index contributed by atoms with van der Waals surface area (Å²) in [7, 11) is -1.10. The predicted octanol–water partition coefficient (Wildman–Crippen LogP) is 4.43. The fourth-order valence-electron chi connectivity index (χ4n) is 2.84. The lowest BCUT2D eigenvalue weighted by molar-refractivity contribution is -0.0440. The molecule has 0 aliphatic carbocycles. The Morgan fingerprint density at radius 1 is 1.22 bits per heavy atom. The monoisotopic (exact) mass is 392 g/mol. The molecule has 0 amide bonds. The van der Waals surface area contributed by atoms with Gasteiger partial charge in [-0.1, -0.05) is 39.6 Å². The Balaban J connectivity index is 1.80. The SMILES string of the molecule is CC(C)COc1nn(COCC[Si](C)(C)C)c2ccc(C3OCCO3)cc12. The van der Waals surface area contributed by atoms with Crippen molar-refractivity contribution < 1.29 is 18.9 Å². The Kier molecular flexibility index (Phi) is 6.57. The van der Waals surface area contributed by atoms with Gasteiger partial charge >= 0.3 is 0 Å².